The third kappa shape index (κ3) is 5.12. The number of sulfonamides is 1. The molecule has 0 fully saturated rings. The Morgan fingerprint density at radius 2 is 1.60 bits per heavy atom. The molecule has 162 valence electrons. The van der Waals surface area contributed by atoms with Crippen molar-refractivity contribution < 1.29 is 31.1 Å². The highest BCUT2D eigenvalue weighted by Gasteiger charge is 2.54. The maximum absolute atomic E-state index is 13.6. The van der Waals surface area contributed by atoms with Crippen molar-refractivity contribution in [3.05, 3.63) is 65.5 Å². The summed E-state index contributed by atoms with van der Waals surface area (Å²) in [5.74, 6) is 0.884. The molecule has 1 atom stereocenters. The largest absolute Gasteiger partial charge is 0.433 e. The number of benzene rings is 2. The number of rotatable bonds is 6. The van der Waals surface area contributed by atoms with Gasteiger partial charge in [0.15, 0.2) is 0 Å². The van der Waals surface area contributed by atoms with E-state index in [1.54, 1.807) is 31.9 Å². The molecule has 0 spiro atoms. The van der Waals surface area contributed by atoms with Crippen LogP contribution < -0.4 is 0 Å². The number of unbranched alkanes of at least 4 members (excludes halogenated alkanes) is 1. The molecule has 0 bridgehead atoms. The molecule has 0 radical (unpaired) electrons. The second kappa shape index (κ2) is 9.06. The third-order valence-corrected chi connectivity index (χ3v) is 6.08. The summed E-state index contributed by atoms with van der Waals surface area (Å²) in [5, 5.41) is 10.3. The number of alkyl halides is 3. The van der Waals surface area contributed by atoms with Crippen LogP contribution in [0.3, 0.4) is 0 Å². The van der Waals surface area contributed by atoms with E-state index >= 15 is 0 Å². The van der Waals surface area contributed by atoms with Gasteiger partial charge in [0.2, 0.25) is 5.60 Å². The molecule has 2 rings (SSSR count). The minimum Gasteiger partial charge on any atom is -0.366 e. The zero-order valence-corrected chi connectivity index (χ0v) is 17.2. The lowest BCUT2D eigenvalue weighted by molar-refractivity contribution is -0.240. The van der Waals surface area contributed by atoms with Gasteiger partial charge in [-0.05, 0) is 43.5 Å². The Balaban J connectivity index is 2.55. The molecular weight excluding hydrogens is 422 g/mol. The van der Waals surface area contributed by atoms with Crippen LogP contribution in [0, 0.1) is 24.7 Å². The molecule has 2 aromatic carbocycles. The summed E-state index contributed by atoms with van der Waals surface area (Å²) >= 11 is 0. The fourth-order valence-electron chi connectivity index (χ4n) is 2.52. The van der Waals surface area contributed by atoms with Gasteiger partial charge in [0, 0.05) is 18.2 Å². The first-order valence-electron chi connectivity index (χ1n) is 9.09. The van der Waals surface area contributed by atoms with Crippen LogP contribution in [0.5, 0.6) is 0 Å². The molecule has 2 aromatic rings. The van der Waals surface area contributed by atoms with Gasteiger partial charge in [0.05, 0.1) is 4.90 Å². The Hall–Kier alpha value is -2.57. The van der Waals surface area contributed by atoms with Crippen molar-refractivity contribution in [1.82, 2.24) is 4.31 Å². The van der Waals surface area contributed by atoms with Crippen LogP contribution in [-0.2, 0) is 15.6 Å². The molecule has 0 amide bonds. The first kappa shape index (κ1) is 23.7. The Labute approximate surface area is 173 Å². The molecule has 1 unspecified atom stereocenters. The zero-order chi connectivity index (χ0) is 22.6. The lowest BCUT2D eigenvalue weighted by Gasteiger charge is -2.26. The van der Waals surface area contributed by atoms with E-state index in [9.17, 15) is 31.1 Å². The minimum atomic E-state index is -5.25. The zero-order valence-electron chi connectivity index (χ0n) is 16.4. The van der Waals surface area contributed by atoms with Gasteiger partial charge in [-0.25, -0.2) is 17.1 Å². The summed E-state index contributed by atoms with van der Waals surface area (Å²) in [6.45, 7) is 3.39. The monoisotopic (exact) mass is 443 g/mol. The summed E-state index contributed by atoms with van der Waals surface area (Å²) in [6.07, 6.45) is -4.33. The molecular formula is C21H21F4NO3S. The molecule has 0 aromatic heterocycles. The van der Waals surface area contributed by atoms with Gasteiger partial charge in [0.25, 0.3) is 10.0 Å². The van der Waals surface area contributed by atoms with Crippen LogP contribution in [0.15, 0.2) is 53.4 Å². The SMILES string of the molecule is CCCCN(C#CC(O)(c1ccc(F)cc1)C(F)(F)F)S(=O)(=O)c1ccc(C)cc1. The predicted molar refractivity (Wildman–Crippen MR) is 104 cm³/mol. The summed E-state index contributed by atoms with van der Waals surface area (Å²) < 4.78 is 80.5. The number of aryl methyl sites for hydroxylation is 1. The molecule has 30 heavy (non-hydrogen) atoms. The van der Waals surface area contributed by atoms with Crippen LogP contribution in [0.25, 0.3) is 0 Å². The van der Waals surface area contributed by atoms with Crippen LogP contribution in [0.2, 0.25) is 0 Å². The summed E-state index contributed by atoms with van der Waals surface area (Å²) in [6, 6.07) is 10.8. The van der Waals surface area contributed by atoms with E-state index in [0.29, 0.717) is 17.1 Å². The van der Waals surface area contributed by atoms with E-state index < -0.39 is 33.2 Å². The molecule has 1 N–H and O–H groups in total. The molecule has 9 heteroatoms. The Bertz CT molecular complexity index is 1020. The molecule has 0 aliphatic rings. The Morgan fingerprint density at radius 1 is 1.03 bits per heavy atom. The average Bonchev–Trinajstić information content (AvgIpc) is 2.67. The molecule has 0 saturated heterocycles. The van der Waals surface area contributed by atoms with Crippen molar-refractivity contribution in [2.45, 2.75) is 43.4 Å². The van der Waals surface area contributed by atoms with Gasteiger partial charge >= 0.3 is 6.18 Å². The smallest absolute Gasteiger partial charge is 0.366 e. The van der Waals surface area contributed by atoms with Crippen molar-refractivity contribution >= 4 is 10.0 Å². The van der Waals surface area contributed by atoms with Gasteiger partial charge in [-0.2, -0.15) is 13.2 Å². The second-order valence-electron chi connectivity index (χ2n) is 6.70. The highest BCUT2D eigenvalue weighted by atomic mass is 32.2. The first-order valence-corrected chi connectivity index (χ1v) is 10.5. The fourth-order valence-corrected chi connectivity index (χ4v) is 3.79. The number of hydrogen-bond donors (Lipinski definition) is 1. The average molecular weight is 443 g/mol. The van der Waals surface area contributed by atoms with Crippen LogP contribution in [0.4, 0.5) is 17.6 Å². The van der Waals surface area contributed by atoms with Gasteiger partial charge < -0.3 is 5.11 Å². The molecule has 0 saturated carbocycles. The lowest BCUT2D eigenvalue weighted by Crippen LogP contribution is -2.41. The first-order chi connectivity index (χ1) is 13.9. The van der Waals surface area contributed by atoms with Crippen molar-refractivity contribution in [3.8, 4) is 12.0 Å². The van der Waals surface area contributed by atoms with Crippen LogP contribution in [-0.4, -0.2) is 30.6 Å². The van der Waals surface area contributed by atoms with Crippen LogP contribution >= 0.6 is 0 Å². The highest BCUT2D eigenvalue weighted by Crippen LogP contribution is 2.38. The predicted octanol–water partition coefficient (Wildman–Crippen LogP) is 4.34. The fraction of sp³-hybridized carbons (Fsp3) is 0.333. The molecule has 0 aliphatic carbocycles. The van der Waals surface area contributed by atoms with Crippen molar-refractivity contribution in [2.75, 3.05) is 6.54 Å². The van der Waals surface area contributed by atoms with Crippen molar-refractivity contribution in [1.29, 1.82) is 0 Å². The topological polar surface area (TPSA) is 57.6 Å². The van der Waals surface area contributed by atoms with E-state index in [1.165, 1.54) is 12.1 Å². The third-order valence-electron chi connectivity index (χ3n) is 4.36. The Kier molecular flexibility index (Phi) is 7.16. The van der Waals surface area contributed by atoms with Gasteiger partial charge in [-0.1, -0.05) is 43.2 Å². The number of hydrogen-bond acceptors (Lipinski definition) is 3. The maximum atomic E-state index is 13.6. The van der Waals surface area contributed by atoms with Crippen LogP contribution in [0.1, 0.15) is 30.9 Å². The molecule has 0 aliphatic heterocycles. The summed E-state index contributed by atoms with van der Waals surface area (Å²) in [7, 11) is -4.23. The van der Waals surface area contributed by atoms with Gasteiger partial charge in [-0.3, -0.25) is 0 Å². The van der Waals surface area contributed by atoms with E-state index in [4.69, 9.17) is 0 Å². The second-order valence-corrected chi connectivity index (χ2v) is 8.56. The molecule has 4 nitrogen and oxygen atoms in total. The van der Waals surface area contributed by atoms with E-state index in [0.717, 1.165) is 29.8 Å². The van der Waals surface area contributed by atoms with Crippen molar-refractivity contribution in [3.63, 3.8) is 0 Å². The van der Waals surface area contributed by atoms with Gasteiger partial charge in [-0.15, -0.1) is 0 Å². The highest BCUT2D eigenvalue weighted by molar-refractivity contribution is 7.89. The lowest BCUT2D eigenvalue weighted by atomic mass is 9.94. The van der Waals surface area contributed by atoms with Gasteiger partial charge in [0.1, 0.15) is 5.82 Å². The van der Waals surface area contributed by atoms with E-state index in [2.05, 4.69) is 0 Å². The standard InChI is InChI=1S/C21H21F4NO3S/c1-3-4-14-26(30(28,29)19-11-5-16(2)6-12-19)15-13-20(27,21(23,24)25)17-7-9-18(22)10-8-17/h5-12,27H,3-4,14H2,1-2H3. The maximum Gasteiger partial charge on any atom is 0.433 e. The quantitative estimate of drug-likeness (QED) is 0.411. The Morgan fingerprint density at radius 3 is 2.10 bits per heavy atom. The number of nitrogens with zero attached hydrogens (tertiary/aromatic N) is 1. The van der Waals surface area contributed by atoms with E-state index in [-0.39, 0.29) is 11.4 Å². The summed E-state index contributed by atoms with van der Waals surface area (Å²) in [5.41, 5.74) is -3.58. The normalized spacial score (nSPS) is 13.8. The summed E-state index contributed by atoms with van der Waals surface area (Å²) in [4.78, 5) is -0.129. The molecule has 0 heterocycles. The van der Waals surface area contributed by atoms with Crippen molar-refractivity contribution in [2.24, 2.45) is 0 Å². The minimum absolute atomic E-state index is 0.129. The number of aliphatic hydroxyl groups is 1. The number of halogens is 4. The van der Waals surface area contributed by atoms with E-state index in [1.807, 2.05) is 6.04 Å².